The lowest BCUT2D eigenvalue weighted by Gasteiger charge is -2.20. The molecule has 1 fully saturated rings. The molecule has 1 aliphatic carbocycles. The summed E-state index contributed by atoms with van der Waals surface area (Å²) in [4.78, 5) is 4.01. The molecule has 1 N–H and O–H groups in total. The van der Waals surface area contributed by atoms with Gasteiger partial charge in [-0.2, -0.15) is 0 Å². The number of hydrogen-bond acceptors (Lipinski definition) is 2. The van der Waals surface area contributed by atoms with Gasteiger partial charge in [0.25, 0.3) is 0 Å². The van der Waals surface area contributed by atoms with Crippen molar-refractivity contribution in [2.24, 2.45) is 5.92 Å². The third-order valence-electron chi connectivity index (χ3n) is 4.15. The maximum atomic E-state index is 10.2. The summed E-state index contributed by atoms with van der Waals surface area (Å²) >= 11 is 0. The highest BCUT2D eigenvalue weighted by Gasteiger charge is 2.20. The van der Waals surface area contributed by atoms with Gasteiger partial charge in [-0.05, 0) is 36.5 Å². The van der Waals surface area contributed by atoms with Crippen molar-refractivity contribution in [3.8, 4) is 0 Å². The molecule has 1 aromatic heterocycles. The topological polar surface area (TPSA) is 33.1 Å². The van der Waals surface area contributed by atoms with Gasteiger partial charge in [0.1, 0.15) is 0 Å². The predicted octanol–water partition coefficient (Wildman–Crippen LogP) is 3.52. The van der Waals surface area contributed by atoms with Crippen molar-refractivity contribution in [2.45, 2.75) is 57.5 Å². The van der Waals surface area contributed by atoms with Gasteiger partial charge in [0, 0.05) is 18.3 Å². The second-order valence-electron chi connectivity index (χ2n) is 5.36. The summed E-state index contributed by atoms with van der Waals surface area (Å²) in [5, 5.41) is 10.2. The molecule has 0 radical (unpaired) electrons. The Balaban J connectivity index is 1.80. The Kier molecular flexibility index (Phi) is 4.55. The van der Waals surface area contributed by atoms with Gasteiger partial charge in [0.2, 0.25) is 0 Å². The third-order valence-corrected chi connectivity index (χ3v) is 4.15. The SMILES string of the molecule is CC(c1ccncc1)C(O)CCC1CCCC1. The molecule has 1 aromatic rings. The van der Waals surface area contributed by atoms with Crippen molar-refractivity contribution >= 4 is 0 Å². The molecule has 0 bridgehead atoms. The summed E-state index contributed by atoms with van der Waals surface area (Å²) in [6.07, 6.45) is 11.0. The molecule has 1 saturated carbocycles. The van der Waals surface area contributed by atoms with E-state index < -0.39 is 0 Å². The minimum absolute atomic E-state index is 0.210. The molecule has 2 nitrogen and oxygen atoms in total. The Bertz CT molecular complexity index is 319. The first kappa shape index (κ1) is 12.6. The maximum Gasteiger partial charge on any atom is 0.0606 e. The number of rotatable bonds is 5. The molecule has 2 rings (SSSR count). The fourth-order valence-electron chi connectivity index (χ4n) is 2.84. The number of nitrogens with zero attached hydrogens (tertiary/aromatic N) is 1. The zero-order chi connectivity index (χ0) is 12.1. The van der Waals surface area contributed by atoms with E-state index in [1.54, 1.807) is 12.4 Å². The van der Waals surface area contributed by atoms with Crippen LogP contribution in [0.2, 0.25) is 0 Å². The third kappa shape index (κ3) is 3.53. The Morgan fingerprint density at radius 2 is 1.94 bits per heavy atom. The quantitative estimate of drug-likeness (QED) is 0.844. The lowest BCUT2D eigenvalue weighted by molar-refractivity contribution is 0.131. The van der Waals surface area contributed by atoms with Crippen LogP contribution in [0.3, 0.4) is 0 Å². The smallest absolute Gasteiger partial charge is 0.0606 e. The molecule has 0 aromatic carbocycles. The molecule has 2 heteroatoms. The molecule has 1 heterocycles. The molecule has 0 saturated heterocycles. The van der Waals surface area contributed by atoms with E-state index in [1.165, 1.54) is 37.7 Å². The maximum absolute atomic E-state index is 10.2. The van der Waals surface area contributed by atoms with Crippen molar-refractivity contribution in [1.29, 1.82) is 0 Å². The van der Waals surface area contributed by atoms with E-state index in [4.69, 9.17) is 0 Å². The molecule has 17 heavy (non-hydrogen) atoms. The van der Waals surface area contributed by atoms with E-state index >= 15 is 0 Å². The fraction of sp³-hybridized carbons (Fsp3) is 0.667. The number of aliphatic hydroxyl groups excluding tert-OH is 1. The minimum Gasteiger partial charge on any atom is -0.393 e. The number of pyridine rings is 1. The van der Waals surface area contributed by atoms with Gasteiger partial charge in [-0.3, -0.25) is 4.98 Å². The van der Waals surface area contributed by atoms with E-state index in [0.29, 0.717) is 0 Å². The second-order valence-corrected chi connectivity index (χ2v) is 5.36. The summed E-state index contributed by atoms with van der Waals surface area (Å²) in [6, 6.07) is 4.01. The Labute approximate surface area is 104 Å². The summed E-state index contributed by atoms with van der Waals surface area (Å²) in [6.45, 7) is 2.11. The minimum atomic E-state index is -0.210. The van der Waals surface area contributed by atoms with Crippen LogP contribution in [-0.4, -0.2) is 16.2 Å². The molecule has 2 unspecified atom stereocenters. The van der Waals surface area contributed by atoms with Crippen molar-refractivity contribution in [2.75, 3.05) is 0 Å². The fourth-order valence-corrected chi connectivity index (χ4v) is 2.84. The highest BCUT2D eigenvalue weighted by molar-refractivity contribution is 5.16. The largest absolute Gasteiger partial charge is 0.393 e. The molecular formula is C15H23NO. The monoisotopic (exact) mass is 233 g/mol. The van der Waals surface area contributed by atoms with Crippen molar-refractivity contribution < 1.29 is 5.11 Å². The first-order valence-corrected chi connectivity index (χ1v) is 6.85. The summed E-state index contributed by atoms with van der Waals surface area (Å²) < 4.78 is 0. The van der Waals surface area contributed by atoms with Crippen LogP contribution in [0.4, 0.5) is 0 Å². The zero-order valence-corrected chi connectivity index (χ0v) is 10.7. The average molecular weight is 233 g/mol. The van der Waals surface area contributed by atoms with Gasteiger partial charge < -0.3 is 5.11 Å². The molecule has 2 atom stereocenters. The Morgan fingerprint density at radius 3 is 2.59 bits per heavy atom. The van der Waals surface area contributed by atoms with E-state index in [-0.39, 0.29) is 12.0 Å². The van der Waals surface area contributed by atoms with Crippen molar-refractivity contribution in [3.63, 3.8) is 0 Å². The Hall–Kier alpha value is -0.890. The second kappa shape index (κ2) is 6.15. The van der Waals surface area contributed by atoms with Crippen LogP contribution in [0.1, 0.15) is 56.9 Å². The van der Waals surface area contributed by atoms with Crippen LogP contribution in [0, 0.1) is 5.92 Å². The van der Waals surface area contributed by atoms with E-state index in [0.717, 1.165) is 12.3 Å². The Morgan fingerprint density at radius 1 is 1.29 bits per heavy atom. The zero-order valence-electron chi connectivity index (χ0n) is 10.7. The van der Waals surface area contributed by atoms with Gasteiger partial charge in [-0.1, -0.05) is 32.6 Å². The van der Waals surface area contributed by atoms with E-state index in [1.807, 2.05) is 12.1 Å². The normalized spacial score (nSPS) is 20.4. The lowest BCUT2D eigenvalue weighted by Crippen LogP contribution is -2.17. The van der Waals surface area contributed by atoms with Crippen LogP contribution in [-0.2, 0) is 0 Å². The summed E-state index contributed by atoms with van der Waals surface area (Å²) in [7, 11) is 0. The van der Waals surface area contributed by atoms with E-state index in [2.05, 4.69) is 11.9 Å². The highest BCUT2D eigenvalue weighted by Crippen LogP contribution is 2.31. The number of aliphatic hydroxyl groups is 1. The summed E-state index contributed by atoms with van der Waals surface area (Å²) in [5.74, 6) is 1.09. The van der Waals surface area contributed by atoms with Crippen LogP contribution in [0.5, 0.6) is 0 Å². The predicted molar refractivity (Wildman–Crippen MR) is 69.9 cm³/mol. The molecule has 0 spiro atoms. The van der Waals surface area contributed by atoms with Gasteiger partial charge in [-0.15, -0.1) is 0 Å². The molecule has 0 amide bonds. The molecular weight excluding hydrogens is 210 g/mol. The first-order valence-electron chi connectivity index (χ1n) is 6.85. The van der Waals surface area contributed by atoms with E-state index in [9.17, 15) is 5.11 Å². The summed E-state index contributed by atoms with van der Waals surface area (Å²) in [5.41, 5.74) is 1.19. The highest BCUT2D eigenvalue weighted by atomic mass is 16.3. The van der Waals surface area contributed by atoms with Crippen LogP contribution in [0.25, 0.3) is 0 Å². The van der Waals surface area contributed by atoms with Crippen LogP contribution < -0.4 is 0 Å². The van der Waals surface area contributed by atoms with Crippen molar-refractivity contribution in [3.05, 3.63) is 30.1 Å². The lowest BCUT2D eigenvalue weighted by atomic mass is 9.90. The average Bonchev–Trinajstić information content (AvgIpc) is 2.89. The van der Waals surface area contributed by atoms with Gasteiger partial charge in [0.15, 0.2) is 0 Å². The molecule has 94 valence electrons. The molecule has 1 aliphatic rings. The first-order chi connectivity index (χ1) is 8.27. The van der Waals surface area contributed by atoms with Crippen LogP contribution >= 0.6 is 0 Å². The molecule has 0 aliphatic heterocycles. The standard InChI is InChI=1S/C15H23NO/c1-12(14-8-10-16-11-9-14)15(17)7-6-13-4-2-3-5-13/h8-13,15,17H,2-7H2,1H3. The van der Waals surface area contributed by atoms with Crippen molar-refractivity contribution in [1.82, 2.24) is 4.98 Å². The van der Waals surface area contributed by atoms with Gasteiger partial charge in [-0.25, -0.2) is 0 Å². The number of aromatic nitrogens is 1. The van der Waals surface area contributed by atoms with Gasteiger partial charge in [0.05, 0.1) is 6.10 Å². The van der Waals surface area contributed by atoms with Crippen LogP contribution in [0.15, 0.2) is 24.5 Å². The number of hydrogen-bond donors (Lipinski definition) is 1. The van der Waals surface area contributed by atoms with Gasteiger partial charge >= 0.3 is 0 Å².